The summed E-state index contributed by atoms with van der Waals surface area (Å²) in [6.45, 7) is 6.28. The zero-order chi connectivity index (χ0) is 42.4. The molecule has 0 bridgehead atoms. The van der Waals surface area contributed by atoms with Crippen molar-refractivity contribution in [1.29, 1.82) is 0 Å². The topological polar surface area (TPSA) is 95.9 Å². The molecular weight excluding hydrogens is 719 g/mol. The van der Waals surface area contributed by atoms with Gasteiger partial charge in [-0.1, -0.05) is 216 Å². The molecule has 3 atom stereocenters. The minimum Gasteiger partial charge on any atom is -0.462 e. The average molecular weight is 810 g/mol. The summed E-state index contributed by atoms with van der Waals surface area (Å²) in [7, 11) is 0. The second kappa shape index (κ2) is 45.4. The van der Waals surface area contributed by atoms with Crippen LogP contribution >= 0.6 is 0 Å². The fourth-order valence-corrected chi connectivity index (χ4v) is 6.98. The zero-order valence-corrected chi connectivity index (χ0v) is 37.9. The van der Waals surface area contributed by atoms with Gasteiger partial charge in [0.2, 0.25) is 5.91 Å². The number of allylic oxidation sites excluding steroid dienone is 12. The molecule has 0 aliphatic heterocycles. The molecule has 0 saturated carbocycles. The Kier molecular flexibility index (Phi) is 43.3. The third kappa shape index (κ3) is 40.1. The number of nitrogens with one attached hydrogen (secondary N) is 1. The summed E-state index contributed by atoms with van der Waals surface area (Å²) in [6, 6.07) is -0.722. The van der Waals surface area contributed by atoms with Gasteiger partial charge < -0.3 is 20.3 Å². The largest absolute Gasteiger partial charge is 0.462 e. The Balaban J connectivity index is 4.60. The van der Waals surface area contributed by atoms with Crippen LogP contribution in [0.2, 0.25) is 0 Å². The molecular formula is C52H91NO5. The van der Waals surface area contributed by atoms with Crippen molar-refractivity contribution in [2.24, 2.45) is 0 Å². The maximum atomic E-state index is 13.1. The summed E-state index contributed by atoms with van der Waals surface area (Å²) in [5, 5.41) is 23.7. The van der Waals surface area contributed by atoms with Gasteiger partial charge in [-0.15, -0.1) is 0 Å². The van der Waals surface area contributed by atoms with E-state index in [1.807, 2.05) is 54.7 Å². The van der Waals surface area contributed by atoms with E-state index < -0.39 is 18.2 Å². The van der Waals surface area contributed by atoms with E-state index >= 15 is 0 Å². The molecule has 3 N–H and O–H groups in total. The molecule has 0 radical (unpaired) electrons. The molecule has 58 heavy (non-hydrogen) atoms. The minimum absolute atomic E-state index is 0.0354. The molecule has 1 amide bonds. The lowest BCUT2D eigenvalue weighted by Gasteiger charge is -2.24. The molecule has 0 saturated heterocycles. The van der Waals surface area contributed by atoms with E-state index in [1.165, 1.54) is 103 Å². The van der Waals surface area contributed by atoms with Gasteiger partial charge in [-0.3, -0.25) is 9.59 Å². The van der Waals surface area contributed by atoms with Crippen molar-refractivity contribution in [2.45, 2.75) is 238 Å². The average Bonchev–Trinajstić information content (AvgIpc) is 3.22. The highest BCUT2D eigenvalue weighted by atomic mass is 16.5. The summed E-state index contributed by atoms with van der Waals surface area (Å²) in [6.07, 6.45) is 56.8. The summed E-state index contributed by atoms with van der Waals surface area (Å²) in [5.74, 6) is -0.583. The van der Waals surface area contributed by atoms with Crippen molar-refractivity contribution in [3.8, 4) is 0 Å². The van der Waals surface area contributed by atoms with Crippen molar-refractivity contribution in [3.05, 3.63) is 72.9 Å². The molecule has 6 nitrogen and oxygen atoms in total. The third-order valence-corrected chi connectivity index (χ3v) is 10.6. The molecule has 0 aromatic carbocycles. The monoisotopic (exact) mass is 810 g/mol. The van der Waals surface area contributed by atoms with Gasteiger partial charge >= 0.3 is 5.97 Å². The Labute approximate surface area is 358 Å². The van der Waals surface area contributed by atoms with Gasteiger partial charge in [0.05, 0.1) is 25.2 Å². The number of ether oxygens (including phenoxy) is 1. The van der Waals surface area contributed by atoms with Crippen molar-refractivity contribution in [1.82, 2.24) is 5.32 Å². The van der Waals surface area contributed by atoms with Gasteiger partial charge in [-0.25, -0.2) is 0 Å². The highest BCUT2D eigenvalue weighted by molar-refractivity contribution is 5.77. The van der Waals surface area contributed by atoms with Gasteiger partial charge in [-0.05, 0) is 64.2 Å². The lowest BCUT2D eigenvalue weighted by Crippen LogP contribution is -2.46. The SMILES string of the molecule is CC/C=C/C=C/C=C\C=C/C=C/CCCC(=O)OC(CCCCC/C=C\CCCCC)CC(=O)NC(CO)C(O)CCCCCCCCCCCCCCCCCC. The molecule has 0 spiro atoms. The predicted octanol–water partition coefficient (Wildman–Crippen LogP) is 14.2. The first-order valence-corrected chi connectivity index (χ1v) is 24.2. The van der Waals surface area contributed by atoms with E-state index in [0.29, 0.717) is 25.7 Å². The first-order chi connectivity index (χ1) is 28.5. The van der Waals surface area contributed by atoms with Crippen LogP contribution in [0.3, 0.4) is 0 Å². The number of amides is 1. The first-order valence-electron chi connectivity index (χ1n) is 24.2. The van der Waals surface area contributed by atoms with Crippen molar-refractivity contribution < 1.29 is 24.5 Å². The van der Waals surface area contributed by atoms with Gasteiger partial charge in [0, 0.05) is 6.42 Å². The number of rotatable bonds is 42. The molecule has 0 heterocycles. The predicted molar refractivity (Wildman–Crippen MR) is 250 cm³/mol. The number of esters is 1. The third-order valence-electron chi connectivity index (χ3n) is 10.6. The number of unbranched alkanes of at least 4 members (excludes halogenated alkanes) is 22. The number of carbonyl (C=O) groups is 2. The van der Waals surface area contributed by atoms with Crippen LogP contribution in [0.15, 0.2) is 72.9 Å². The summed E-state index contributed by atoms with van der Waals surface area (Å²) in [5.41, 5.74) is 0. The quantitative estimate of drug-likeness (QED) is 0.0247. The van der Waals surface area contributed by atoms with Crippen LogP contribution in [0.25, 0.3) is 0 Å². The Bertz CT molecular complexity index is 1090. The van der Waals surface area contributed by atoms with E-state index in [2.05, 4.69) is 44.3 Å². The Morgan fingerprint density at radius 2 is 0.948 bits per heavy atom. The number of carbonyl (C=O) groups excluding carboxylic acids is 2. The van der Waals surface area contributed by atoms with Crippen LogP contribution in [0.4, 0.5) is 0 Å². The standard InChI is InChI=1S/C52H91NO5/c1-4-7-10-13-16-19-22-24-25-26-28-29-32-35-38-41-44-50(55)49(47-54)53-51(56)46-48(43-40-37-34-31-21-18-15-12-9-6-3)58-52(57)45-42-39-36-33-30-27-23-20-17-14-11-8-5-2/h8,11,14,17-18,20-21,23,27,30,33,36,48-50,54-55H,4-7,9-10,12-13,15-16,19,22,24-26,28-29,31-32,34-35,37-47H2,1-3H3,(H,53,56)/b11-8+,17-14+,21-18-,23-20-,30-27-,36-33+. The van der Waals surface area contributed by atoms with E-state index in [0.717, 1.165) is 64.2 Å². The minimum atomic E-state index is -0.805. The van der Waals surface area contributed by atoms with E-state index in [1.54, 1.807) is 0 Å². The van der Waals surface area contributed by atoms with E-state index in [9.17, 15) is 19.8 Å². The summed E-state index contributed by atoms with van der Waals surface area (Å²) >= 11 is 0. The lowest BCUT2D eigenvalue weighted by atomic mass is 10.0. The molecule has 0 rings (SSSR count). The number of hydrogen-bond donors (Lipinski definition) is 3. The van der Waals surface area contributed by atoms with Crippen LogP contribution in [-0.4, -0.2) is 46.9 Å². The fraction of sp³-hybridized carbons (Fsp3) is 0.731. The summed E-state index contributed by atoms with van der Waals surface area (Å²) in [4.78, 5) is 26.0. The van der Waals surface area contributed by atoms with Gasteiger partial charge in [0.15, 0.2) is 0 Å². The number of aliphatic hydroxyl groups is 2. The van der Waals surface area contributed by atoms with E-state index in [-0.39, 0.29) is 24.9 Å². The van der Waals surface area contributed by atoms with Gasteiger partial charge in [-0.2, -0.15) is 0 Å². The Hall–Kier alpha value is -2.70. The second-order valence-electron chi connectivity index (χ2n) is 16.2. The maximum absolute atomic E-state index is 13.1. The molecule has 6 heteroatoms. The highest BCUT2D eigenvalue weighted by Crippen LogP contribution is 2.17. The molecule has 0 aliphatic carbocycles. The maximum Gasteiger partial charge on any atom is 0.306 e. The molecule has 0 aromatic heterocycles. The normalized spacial score (nSPS) is 13.9. The summed E-state index contributed by atoms with van der Waals surface area (Å²) < 4.78 is 5.85. The second-order valence-corrected chi connectivity index (χ2v) is 16.2. The zero-order valence-electron chi connectivity index (χ0n) is 37.9. The van der Waals surface area contributed by atoms with Gasteiger partial charge in [0.1, 0.15) is 6.10 Å². The fourth-order valence-electron chi connectivity index (χ4n) is 6.98. The van der Waals surface area contributed by atoms with E-state index in [4.69, 9.17) is 4.74 Å². The van der Waals surface area contributed by atoms with Crippen molar-refractivity contribution in [2.75, 3.05) is 6.61 Å². The highest BCUT2D eigenvalue weighted by Gasteiger charge is 2.24. The van der Waals surface area contributed by atoms with Crippen LogP contribution in [0.5, 0.6) is 0 Å². The first kappa shape index (κ1) is 55.3. The number of hydrogen-bond acceptors (Lipinski definition) is 5. The molecule has 0 fully saturated rings. The number of aliphatic hydroxyl groups excluding tert-OH is 2. The van der Waals surface area contributed by atoms with Crippen molar-refractivity contribution >= 4 is 11.9 Å². The van der Waals surface area contributed by atoms with Crippen LogP contribution in [0.1, 0.15) is 220 Å². The van der Waals surface area contributed by atoms with Crippen LogP contribution in [-0.2, 0) is 14.3 Å². The Morgan fingerprint density at radius 3 is 1.48 bits per heavy atom. The van der Waals surface area contributed by atoms with Crippen molar-refractivity contribution in [3.63, 3.8) is 0 Å². The molecule has 334 valence electrons. The Morgan fingerprint density at radius 1 is 0.517 bits per heavy atom. The molecule has 0 aliphatic rings. The molecule has 0 aromatic rings. The van der Waals surface area contributed by atoms with Gasteiger partial charge in [0.25, 0.3) is 0 Å². The lowest BCUT2D eigenvalue weighted by molar-refractivity contribution is -0.151. The van der Waals surface area contributed by atoms with Crippen LogP contribution in [0, 0.1) is 0 Å². The van der Waals surface area contributed by atoms with Crippen LogP contribution < -0.4 is 5.32 Å². The smallest absolute Gasteiger partial charge is 0.306 e. The molecule has 3 unspecified atom stereocenters.